The number of benzene rings is 1. The number of likely N-dealkylation sites (tertiary alicyclic amines) is 1. The number of carbonyl (C=O) groups is 2. The Balaban J connectivity index is 1.73. The van der Waals surface area contributed by atoms with Gasteiger partial charge in [-0.05, 0) is 49.9 Å². The highest BCUT2D eigenvalue weighted by Gasteiger charge is 2.26. The minimum Gasteiger partial charge on any atom is -0.492 e. The van der Waals surface area contributed by atoms with E-state index in [2.05, 4.69) is 11.4 Å². The van der Waals surface area contributed by atoms with Crippen LogP contribution in [0.2, 0.25) is 0 Å². The Bertz CT molecular complexity index is 551. The summed E-state index contributed by atoms with van der Waals surface area (Å²) < 4.78 is 5.69. The summed E-state index contributed by atoms with van der Waals surface area (Å²) in [7, 11) is 0. The van der Waals surface area contributed by atoms with Crippen LogP contribution in [-0.4, -0.2) is 43.0 Å². The van der Waals surface area contributed by atoms with Crippen LogP contribution in [0, 0.1) is 19.8 Å². The van der Waals surface area contributed by atoms with Crippen LogP contribution in [0.25, 0.3) is 0 Å². The zero-order valence-electron chi connectivity index (χ0n) is 14.2. The molecule has 5 heteroatoms. The van der Waals surface area contributed by atoms with Gasteiger partial charge in [0.25, 0.3) is 0 Å². The van der Waals surface area contributed by atoms with E-state index in [0.29, 0.717) is 19.7 Å². The number of rotatable bonds is 5. The Morgan fingerprint density at radius 3 is 2.61 bits per heavy atom. The third-order valence-corrected chi connectivity index (χ3v) is 4.10. The highest BCUT2D eigenvalue weighted by Crippen LogP contribution is 2.17. The van der Waals surface area contributed by atoms with E-state index in [0.717, 1.165) is 36.3 Å². The molecule has 1 aromatic carbocycles. The molecule has 0 unspecified atom stereocenters. The molecule has 1 aliphatic rings. The predicted octanol–water partition coefficient (Wildman–Crippen LogP) is 2.06. The van der Waals surface area contributed by atoms with Crippen molar-refractivity contribution < 1.29 is 14.3 Å². The first-order valence-electron chi connectivity index (χ1n) is 8.20. The smallest absolute Gasteiger partial charge is 0.225 e. The van der Waals surface area contributed by atoms with Crippen molar-refractivity contribution in [3.8, 4) is 5.75 Å². The Morgan fingerprint density at radius 2 is 1.96 bits per heavy atom. The lowest BCUT2D eigenvalue weighted by Gasteiger charge is -2.31. The van der Waals surface area contributed by atoms with E-state index in [9.17, 15) is 9.59 Å². The van der Waals surface area contributed by atoms with Crippen LogP contribution in [0.15, 0.2) is 18.2 Å². The Hall–Kier alpha value is -2.04. The van der Waals surface area contributed by atoms with Crippen molar-refractivity contribution in [2.45, 2.75) is 33.6 Å². The average Bonchev–Trinajstić information content (AvgIpc) is 2.50. The molecule has 0 saturated carbocycles. The monoisotopic (exact) mass is 318 g/mol. The molecule has 1 saturated heterocycles. The normalized spacial score (nSPS) is 17.7. The maximum atomic E-state index is 12.2. The van der Waals surface area contributed by atoms with Crippen molar-refractivity contribution >= 4 is 11.8 Å². The summed E-state index contributed by atoms with van der Waals surface area (Å²) in [4.78, 5) is 25.3. The second-order valence-corrected chi connectivity index (χ2v) is 6.27. The summed E-state index contributed by atoms with van der Waals surface area (Å²) >= 11 is 0. The van der Waals surface area contributed by atoms with Gasteiger partial charge in [-0.15, -0.1) is 0 Å². The molecule has 1 heterocycles. The molecule has 1 atom stereocenters. The number of piperidine rings is 1. The topological polar surface area (TPSA) is 58.6 Å². The van der Waals surface area contributed by atoms with Crippen LogP contribution in [0.3, 0.4) is 0 Å². The Morgan fingerprint density at radius 1 is 1.26 bits per heavy atom. The fourth-order valence-electron chi connectivity index (χ4n) is 2.98. The molecular formula is C18H26N2O3. The van der Waals surface area contributed by atoms with Gasteiger partial charge in [0, 0.05) is 20.0 Å². The van der Waals surface area contributed by atoms with E-state index < -0.39 is 0 Å². The second-order valence-electron chi connectivity index (χ2n) is 6.27. The summed E-state index contributed by atoms with van der Waals surface area (Å²) in [5, 5.41) is 2.91. The first-order valence-corrected chi connectivity index (χ1v) is 8.20. The maximum absolute atomic E-state index is 12.2. The SMILES string of the molecule is CC(=O)N1CCC[C@H](C(=O)NCCOc2cc(C)cc(C)c2)C1. The summed E-state index contributed by atoms with van der Waals surface area (Å²) in [5.74, 6) is 0.784. The third-order valence-electron chi connectivity index (χ3n) is 4.10. The summed E-state index contributed by atoms with van der Waals surface area (Å²) in [6.45, 7) is 7.82. The van der Waals surface area contributed by atoms with E-state index in [1.165, 1.54) is 0 Å². The minimum absolute atomic E-state index is 0.0139. The van der Waals surface area contributed by atoms with E-state index in [-0.39, 0.29) is 17.7 Å². The van der Waals surface area contributed by atoms with E-state index in [4.69, 9.17) is 4.74 Å². The van der Waals surface area contributed by atoms with Gasteiger partial charge in [-0.3, -0.25) is 9.59 Å². The zero-order valence-corrected chi connectivity index (χ0v) is 14.2. The molecule has 1 aromatic rings. The second kappa shape index (κ2) is 7.99. The van der Waals surface area contributed by atoms with Crippen molar-refractivity contribution in [2.75, 3.05) is 26.2 Å². The van der Waals surface area contributed by atoms with Gasteiger partial charge < -0.3 is 15.0 Å². The van der Waals surface area contributed by atoms with Gasteiger partial charge in [-0.25, -0.2) is 0 Å². The van der Waals surface area contributed by atoms with Crippen molar-refractivity contribution in [3.05, 3.63) is 29.3 Å². The molecule has 2 rings (SSSR count). The van der Waals surface area contributed by atoms with Crippen molar-refractivity contribution in [3.63, 3.8) is 0 Å². The Labute approximate surface area is 138 Å². The number of aryl methyl sites for hydroxylation is 2. The number of carbonyl (C=O) groups excluding carboxylic acids is 2. The molecule has 23 heavy (non-hydrogen) atoms. The first kappa shape index (κ1) is 17.3. The molecule has 0 radical (unpaired) electrons. The first-order chi connectivity index (χ1) is 11.0. The van der Waals surface area contributed by atoms with Crippen LogP contribution in [-0.2, 0) is 9.59 Å². The van der Waals surface area contributed by atoms with Gasteiger partial charge >= 0.3 is 0 Å². The molecule has 1 fully saturated rings. The van der Waals surface area contributed by atoms with Crippen LogP contribution in [0.4, 0.5) is 0 Å². The zero-order chi connectivity index (χ0) is 16.8. The molecular weight excluding hydrogens is 292 g/mol. The molecule has 0 bridgehead atoms. The molecule has 0 spiro atoms. The van der Waals surface area contributed by atoms with Gasteiger partial charge in [-0.1, -0.05) is 6.07 Å². The lowest BCUT2D eigenvalue weighted by molar-refractivity contribution is -0.134. The van der Waals surface area contributed by atoms with Crippen LogP contribution in [0.1, 0.15) is 30.9 Å². The standard InChI is InChI=1S/C18H26N2O3/c1-13-9-14(2)11-17(10-13)23-8-6-19-18(22)16-5-4-7-20(12-16)15(3)21/h9-11,16H,4-8,12H2,1-3H3,(H,19,22)/t16-/m0/s1. The van der Waals surface area contributed by atoms with E-state index in [1.807, 2.05) is 26.0 Å². The van der Waals surface area contributed by atoms with Gasteiger partial charge in [-0.2, -0.15) is 0 Å². The number of hydrogen-bond donors (Lipinski definition) is 1. The summed E-state index contributed by atoms with van der Waals surface area (Å²) in [5.41, 5.74) is 2.33. The maximum Gasteiger partial charge on any atom is 0.225 e. The molecule has 126 valence electrons. The summed E-state index contributed by atoms with van der Waals surface area (Å²) in [6.07, 6.45) is 1.73. The molecule has 0 aromatic heterocycles. The quantitative estimate of drug-likeness (QED) is 0.846. The average molecular weight is 318 g/mol. The van der Waals surface area contributed by atoms with Crippen LogP contribution in [0.5, 0.6) is 5.75 Å². The van der Waals surface area contributed by atoms with Crippen LogP contribution >= 0.6 is 0 Å². The van der Waals surface area contributed by atoms with Crippen molar-refractivity contribution in [1.82, 2.24) is 10.2 Å². The molecule has 1 N–H and O–H groups in total. The Kier molecular flexibility index (Phi) is 6.02. The van der Waals surface area contributed by atoms with Gasteiger partial charge in [0.15, 0.2) is 0 Å². The molecule has 1 aliphatic heterocycles. The van der Waals surface area contributed by atoms with Crippen LogP contribution < -0.4 is 10.1 Å². The highest BCUT2D eigenvalue weighted by atomic mass is 16.5. The van der Waals surface area contributed by atoms with Crippen molar-refractivity contribution in [2.24, 2.45) is 5.92 Å². The lowest BCUT2D eigenvalue weighted by Crippen LogP contribution is -2.45. The van der Waals surface area contributed by atoms with E-state index in [1.54, 1.807) is 11.8 Å². The number of ether oxygens (including phenoxy) is 1. The van der Waals surface area contributed by atoms with Gasteiger partial charge in [0.2, 0.25) is 11.8 Å². The molecule has 0 aliphatic carbocycles. The van der Waals surface area contributed by atoms with Gasteiger partial charge in [0.1, 0.15) is 12.4 Å². The largest absolute Gasteiger partial charge is 0.492 e. The molecule has 5 nitrogen and oxygen atoms in total. The van der Waals surface area contributed by atoms with E-state index >= 15 is 0 Å². The highest BCUT2D eigenvalue weighted by molar-refractivity contribution is 5.80. The van der Waals surface area contributed by atoms with Crippen molar-refractivity contribution in [1.29, 1.82) is 0 Å². The fourth-order valence-corrected chi connectivity index (χ4v) is 2.98. The third kappa shape index (κ3) is 5.27. The molecule has 2 amide bonds. The number of hydrogen-bond acceptors (Lipinski definition) is 3. The fraction of sp³-hybridized carbons (Fsp3) is 0.556. The summed E-state index contributed by atoms with van der Waals surface area (Å²) in [6, 6.07) is 6.07. The number of nitrogens with zero attached hydrogens (tertiary/aromatic N) is 1. The number of amides is 2. The number of nitrogens with one attached hydrogen (secondary N) is 1. The minimum atomic E-state index is -0.103. The predicted molar refractivity (Wildman–Crippen MR) is 89.4 cm³/mol. The van der Waals surface area contributed by atoms with Gasteiger partial charge in [0.05, 0.1) is 12.5 Å². The lowest BCUT2D eigenvalue weighted by atomic mass is 9.97.